The Morgan fingerprint density at radius 1 is 1.16 bits per heavy atom. The first-order valence-electron chi connectivity index (χ1n) is 11.5. The van der Waals surface area contributed by atoms with E-state index in [1.807, 2.05) is 6.92 Å². The molecule has 0 atom stereocenters. The predicted octanol–water partition coefficient (Wildman–Crippen LogP) is 4.74. The third kappa shape index (κ3) is 6.58. The van der Waals surface area contributed by atoms with Crippen LogP contribution in [-0.2, 0) is 17.4 Å². The summed E-state index contributed by atoms with van der Waals surface area (Å²) in [6, 6.07) is 8.30. The largest absolute Gasteiger partial charge is 0.416 e. The van der Waals surface area contributed by atoms with E-state index >= 15 is 0 Å². The van der Waals surface area contributed by atoms with Crippen LogP contribution < -0.4 is 10.6 Å². The van der Waals surface area contributed by atoms with Gasteiger partial charge in [-0.1, -0.05) is 24.0 Å². The van der Waals surface area contributed by atoms with E-state index in [9.17, 15) is 22.8 Å². The highest BCUT2D eigenvalue weighted by atomic mass is 32.2. The fourth-order valence-electron chi connectivity index (χ4n) is 3.91. The summed E-state index contributed by atoms with van der Waals surface area (Å²) in [6.45, 7) is 2.17. The molecule has 3 aromatic rings. The minimum absolute atomic E-state index is 0.133. The van der Waals surface area contributed by atoms with E-state index in [1.165, 1.54) is 23.4 Å². The van der Waals surface area contributed by atoms with Crippen molar-refractivity contribution in [1.29, 1.82) is 5.41 Å². The average Bonchev–Trinajstić information content (AvgIpc) is 3.29. The number of aromatic nitrogens is 2. The van der Waals surface area contributed by atoms with Crippen molar-refractivity contribution in [3.05, 3.63) is 82.2 Å². The van der Waals surface area contributed by atoms with Crippen molar-refractivity contribution in [2.75, 3.05) is 11.4 Å². The van der Waals surface area contributed by atoms with Gasteiger partial charge in [0.25, 0.3) is 0 Å². The second kappa shape index (κ2) is 11.1. The number of hydrogen-bond donors (Lipinski definition) is 2. The highest BCUT2D eigenvalue weighted by Gasteiger charge is 2.33. The number of ketones is 1. The molecule has 38 heavy (non-hydrogen) atoms. The fourth-order valence-corrected chi connectivity index (χ4v) is 4.31. The van der Waals surface area contributed by atoms with Crippen molar-refractivity contribution in [3.8, 4) is 11.8 Å². The van der Waals surface area contributed by atoms with Crippen molar-refractivity contribution in [1.82, 2.24) is 9.97 Å². The molecule has 3 N–H and O–H groups in total. The van der Waals surface area contributed by atoms with E-state index in [1.54, 1.807) is 18.2 Å². The van der Waals surface area contributed by atoms with Gasteiger partial charge in [0.1, 0.15) is 0 Å². The number of thioether (sulfide) groups is 1. The summed E-state index contributed by atoms with van der Waals surface area (Å²) in [6.07, 6.45) is -1.04. The Hall–Kier alpha value is -4.17. The molecule has 11 heteroatoms. The van der Waals surface area contributed by atoms with E-state index in [-0.39, 0.29) is 41.0 Å². The molecule has 0 bridgehead atoms. The van der Waals surface area contributed by atoms with Crippen molar-refractivity contribution in [2.45, 2.75) is 37.5 Å². The van der Waals surface area contributed by atoms with Gasteiger partial charge in [-0.2, -0.15) is 13.2 Å². The number of nitrogens with one attached hydrogen (secondary N) is 1. The lowest BCUT2D eigenvalue weighted by molar-refractivity contribution is -0.137. The molecule has 2 heterocycles. The zero-order valence-electron chi connectivity index (χ0n) is 20.2. The van der Waals surface area contributed by atoms with Crippen molar-refractivity contribution in [3.63, 3.8) is 0 Å². The number of hydrogen-bond acceptors (Lipinski definition) is 6. The maximum Gasteiger partial charge on any atom is 0.416 e. The normalized spacial score (nSPS) is 13.3. The minimum Gasteiger partial charge on any atom is -0.378 e. The smallest absolute Gasteiger partial charge is 0.378 e. The van der Waals surface area contributed by atoms with E-state index in [0.717, 1.165) is 29.5 Å². The van der Waals surface area contributed by atoms with E-state index in [4.69, 9.17) is 11.1 Å². The number of halogens is 3. The molecule has 2 aromatic carbocycles. The number of amides is 1. The molecule has 0 unspecified atom stereocenters. The van der Waals surface area contributed by atoms with Gasteiger partial charge in [0, 0.05) is 48.6 Å². The first-order valence-corrected chi connectivity index (χ1v) is 12.3. The van der Waals surface area contributed by atoms with Gasteiger partial charge >= 0.3 is 6.18 Å². The standard InChI is InChI=1S/C27H22F3N5O2S/c1-16-4-6-20(12-19(16)7-5-17-14-33-26(34-15-17)38-25(31)32)23(36)11-18-9-21(27(28,29)30)13-22(10-18)35-8-2-3-24(35)37/h4,6,9-10,12-15H,2-3,8,11H2,1H3,(H3,31,32). The van der Waals surface area contributed by atoms with Crippen LogP contribution in [0.3, 0.4) is 0 Å². The molecule has 7 nitrogen and oxygen atoms in total. The van der Waals surface area contributed by atoms with Crippen molar-refractivity contribution >= 4 is 34.3 Å². The van der Waals surface area contributed by atoms with Gasteiger partial charge < -0.3 is 10.6 Å². The van der Waals surface area contributed by atoms with Gasteiger partial charge in [-0.3, -0.25) is 15.0 Å². The Bertz CT molecular complexity index is 1480. The highest BCUT2D eigenvalue weighted by Crippen LogP contribution is 2.34. The van der Waals surface area contributed by atoms with Gasteiger partial charge in [0.2, 0.25) is 5.91 Å². The molecule has 0 spiro atoms. The van der Waals surface area contributed by atoms with Crippen LogP contribution in [0.5, 0.6) is 0 Å². The number of nitrogens with two attached hydrogens (primary N) is 1. The molecule has 0 saturated carbocycles. The van der Waals surface area contributed by atoms with Crippen LogP contribution in [0.25, 0.3) is 0 Å². The van der Waals surface area contributed by atoms with Crippen LogP contribution in [-0.4, -0.2) is 33.4 Å². The SMILES string of the molecule is Cc1ccc(C(=O)Cc2cc(N3CCCC3=O)cc(C(F)(F)F)c2)cc1C#Cc1cnc(SC(=N)N)nc1. The molecule has 1 saturated heterocycles. The Morgan fingerprint density at radius 2 is 1.89 bits per heavy atom. The first-order chi connectivity index (χ1) is 18.0. The number of aryl methyl sites for hydroxylation is 1. The Kier molecular flexibility index (Phi) is 7.83. The van der Waals surface area contributed by atoms with E-state index in [2.05, 4.69) is 21.8 Å². The second-order valence-electron chi connectivity index (χ2n) is 8.64. The topological polar surface area (TPSA) is 113 Å². The quantitative estimate of drug-likeness (QED) is 0.121. The maximum atomic E-state index is 13.6. The number of nitrogens with zero attached hydrogens (tertiary/aromatic N) is 3. The molecular formula is C27H22F3N5O2S. The summed E-state index contributed by atoms with van der Waals surface area (Å²) >= 11 is 0.911. The molecule has 1 amide bonds. The van der Waals surface area contributed by atoms with Gasteiger partial charge in [-0.05, 0) is 60.5 Å². The first kappa shape index (κ1) is 26.9. The minimum atomic E-state index is -4.62. The summed E-state index contributed by atoms with van der Waals surface area (Å²) in [5, 5.41) is 7.45. The van der Waals surface area contributed by atoms with Crippen molar-refractivity contribution < 1.29 is 22.8 Å². The third-order valence-corrected chi connectivity index (χ3v) is 6.40. The molecular weight excluding hydrogens is 515 g/mol. The summed E-state index contributed by atoms with van der Waals surface area (Å²) in [5.74, 6) is 5.29. The average molecular weight is 538 g/mol. The number of carbonyl (C=O) groups is 2. The van der Waals surface area contributed by atoms with E-state index < -0.39 is 11.7 Å². The number of Topliss-reactive ketones (excluding diaryl/α,β-unsaturated/α-hetero) is 1. The molecule has 0 radical (unpaired) electrons. The van der Waals surface area contributed by atoms with Crippen LogP contribution in [0.4, 0.5) is 18.9 Å². The van der Waals surface area contributed by atoms with Crippen LogP contribution in [0.1, 0.15) is 51.0 Å². The Morgan fingerprint density at radius 3 is 2.53 bits per heavy atom. The number of alkyl halides is 3. The highest BCUT2D eigenvalue weighted by molar-refractivity contribution is 8.13. The lowest BCUT2D eigenvalue weighted by Gasteiger charge is -2.19. The van der Waals surface area contributed by atoms with Crippen LogP contribution >= 0.6 is 11.8 Å². The number of carbonyl (C=O) groups excluding carboxylic acids is 2. The molecule has 194 valence electrons. The van der Waals surface area contributed by atoms with Crippen LogP contribution in [0.15, 0.2) is 53.9 Å². The molecule has 0 aliphatic carbocycles. The lowest BCUT2D eigenvalue weighted by atomic mass is 9.97. The summed E-state index contributed by atoms with van der Waals surface area (Å²) in [5.41, 5.74) is 6.95. The monoisotopic (exact) mass is 537 g/mol. The molecule has 4 rings (SSSR count). The van der Waals surface area contributed by atoms with E-state index in [0.29, 0.717) is 34.8 Å². The molecule has 1 aromatic heterocycles. The molecule has 1 aliphatic rings. The van der Waals surface area contributed by atoms with Gasteiger partial charge in [0.05, 0.1) is 11.1 Å². The maximum absolute atomic E-state index is 13.6. The summed E-state index contributed by atoms with van der Waals surface area (Å²) < 4.78 is 40.7. The third-order valence-electron chi connectivity index (χ3n) is 5.79. The number of anilines is 1. The number of benzene rings is 2. The van der Waals surface area contributed by atoms with Crippen LogP contribution in [0.2, 0.25) is 0 Å². The zero-order valence-corrected chi connectivity index (χ0v) is 21.0. The lowest BCUT2D eigenvalue weighted by Crippen LogP contribution is -2.24. The summed E-state index contributed by atoms with van der Waals surface area (Å²) in [7, 11) is 0. The Labute approximate surface area is 221 Å². The second-order valence-corrected chi connectivity index (χ2v) is 9.64. The fraction of sp³-hybridized carbons (Fsp3) is 0.222. The van der Waals surface area contributed by atoms with Crippen molar-refractivity contribution in [2.24, 2.45) is 5.73 Å². The number of amidine groups is 1. The van der Waals surface area contributed by atoms with Crippen LogP contribution in [0, 0.1) is 24.2 Å². The molecule has 1 fully saturated rings. The van der Waals surface area contributed by atoms with Gasteiger partial charge in [-0.25, -0.2) is 9.97 Å². The summed E-state index contributed by atoms with van der Waals surface area (Å²) in [4.78, 5) is 34.7. The molecule has 1 aliphatic heterocycles. The predicted molar refractivity (Wildman–Crippen MR) is 138 cm³/mol. The van der Waals surface area contributed by atoms with Gasteiger partial charge in [0.15, 0.2) is 16.1 Å². The Balaban J connectivity index is 1.57. The van der Waals surface area contributed by atoms with Gasteiger partial charge in [-0.15, -0.1) is 0 Å². The number of rotatable bonds is 5. The zero-order chi connectivity index (χ0) is 27.4.